The zero-order valence-electron chi connectivity index (χ0n) is 15.5. The van der Waals surface area contributed by atoms with E-state index in [1.165, 1.54) is 67.6 Å². The second-order valence-corrected chi connectivity index (χ2v) is 9.57. The molecule has 0 amide bonds. The molecule has 0 aliphatic carbocycles. The van der Waals surface area contributed by atoms with Crippen LogP contribution in [0.1, 0.15) is 29.0 Å². The molecule has 4 heterocycles. The molecule has 0 unspecified atom stereocenters. The first-order valence-electron chi connectivity index (χ1n) is 9.78. The van der Waals surface area contributed by atoms with Gasteiger partial charge in [-0.1, -0.05) is 53.4 Å². The molecule has 0 saturated carbocycles. The first kappa shape index (κ1) is 18.7. The Morgan fingerprint density at radius 1 is 1.00 bits per heavy atom. The lowest BCUT2D eigenvalue weighted by molar-refractivity contribution is -0.671. The quantitative estimate of drug-likeness (QED) is 0.382. The Labute approximate surface area is 191 Å². The maximum atomic E-state index is 2.52. The van der Waals surface area contributed by atoms with E-state index in [1.807, 2.05) is 23.1 Å². The summed E-state index contributed by atoms with van der Waals surface area (Å²) in [6.07, 6.45) is 11.8. The van der Waals surface area contributed by atoms with Crippen molar-refractivity contribution in [3.63, 3.8) is 0 Å². The van der Waals surface area contributed by atoms with E-state index in [1.54, 1.807) is 0 Å². The van der Waals surface area contributed by atoms with Crippen LogP contribution in [0.25, 0.3) is 16.3 Å². The number of thiazole rings is 1. The average Bonchev–Trinajstić information content (AvgIpc) is 3.25. The van der Waals surface area contributed by atoms with E-state index in [9.17, 15) is 0 Å². The van der Waals surface area contributed by atoms with Crippen LogP contribution in [-0.4, -0.2) is 6.54 Å². The Balaban J connectivity index is 0.00000171. The highest BCUT2D eigenvalue weighted by molar-refractivity contribution is 8.03. The molecule has 0 N–H and O–H groups in total. The second-order valence-electron chi connectivity index (χ2n) is 7.44. The minimum atomic E-state index is 0. The number of halogens is 1. The van der Waals surface area contributed by atoms with Crippen LogP contribution in [0.2, 0.25) is 0 Å². The monoisotopic (exact) mass is 516 g/mol. The van der Waals surface area contributed by atoms with Gasteiger partial charge in [0.1, 0.15) is 4.70 Å². The smallest absolute Gasteiger partial charge is 0.262 e. The summed E-state index contributed by atoms with van der Waals surface area (Å²) in [4.78, 5) is 3.94. The van der Waals surface area contributed by atoms with Crippen molar-refractivity contribution < 1.29 is 28.5 Å². The van der Waals surface area contributed by atoms with Crippen LogP contribution < -0.4 is 33.4 Å². The number of para-hydroxylation sites is 2. The number of aryl methyl sites for hydroxylation is 3. The predicted molar refractivity (Wildman–Crippen MR) is 115 cm³/mol. The van der Waals surface area contributed by atoms with E-state index >= 15 is 0 Å². The largest absolute Gasteiger partial charge is 1.00 e. The van der Waals surface area contributed by atoms with Gasteiger partial charge in [-0.25, -0.2) is 0 Å². The molecule has 0 saturated heterocycles. The Bertz CT molecular complexity index is 1130. The summed E-state index contributed by atoms with van der Waals surface area (Å²) in [6.45, 7) is 2.28. The number of thioether (sulfide) groups is 1. The molecule has 2 nitrogen and oxygen atoms in total. The minimum Gasteiger partial charge on any atom is -1.00 e. The van der Waals surface area contributed by atoms with Gasteiger partial charge in [0.15, 0.2) is 6.54 Å². The van der Waals surface area contributed by atoms with Gasteiger partial charge in [-0.15, -0.1) is 0 Å². The summed E-state index contributed by atoms with van der Waals surface area (Å²) in [5.74, 6) is 0. The molecule has 0 spiro atoms. The topological polar surface area (TPSA) is 7.12 Å². The average molecular weight is 516 g/mol. The lowest BCUT2D eigenvalue weighted by Gasteiger charge is -2.27. The fourth-order valence-corrected chi connectivity index (χ4v) is 6.93. The first-order valence-corrected chi connectivity index (χ1v) is 11.4. The maximum absolute atomic E-state index is 2.52. The molecule has 3 aromatic rings. The van der Waals surface area contributed by atoms with E-state index in [-0.39, 0.29) is 24.0 Å². The van der Waals surface area contributed by atoms with Crippen molar-refractivity contribution in [2.75, 3.05) is 11.4 Å². The highest BCUT2D eigenvalue weighted by Gasteiger charge is 2.29. The fourth-order valence-electron chi connectivity index (χ4n) is 4.63. The van der Waals surface area contributed by atoms with Gasteiger partial charge in [0.2, 0.25) is 5.52 Å². The van der Waals surface area contributed by atoms with Crippen LogP contribution in [-0.2, 0) is 19.4 Å². The lowest BCUT2D eigenvalue weighted by atomic mass is 10.0. The molecule has 0 atom stereocenters. The standard InChI is InChI=1S/C23H21N2S2.HI/c1-6-16-8-4-14-24-20(26-18(10-1)22(16)24)12-3-13-21-25-15-5-9-17-7-2-11-19(27-21)23(17)25;/h1-3,6-7,10-13H,4-5,8-9,14-15H2;1H/q+1;/p-1. The van der Waals surface area contributed by atoms with Gasteiger partial charge in [0.25, 0.3) is 5.01 Å². The van der Waals surface area contributed by atoms with Gasteiger partial charge in [0.05, 0.1) is 10.7 Å². The minimum absolute atomic E-state index is 0. The molecular weight excluding hydrogens is 495 g/mol. The number of allylic oxidation sites excluding steroid dienone is 2. The number of hydrogen-bond donors (Lipinski definition) is 0. The predicted octanol–water partition coefficient (Wildman–Crippen LogP) is 2.55. The van der Waals surface area contributed by atoms with Crippen molar-refractivity contribution in [3.8, 4) is 0 Å². The van der Waals surface area contributed by atoms with E-state index in [0.29, 0.717) is 0 Å². The third-order valence-corrected chi connectivity index (χ3v) is 8.03. The van der Waals surface area contributed by atoms with Gasteiger partial charge >= 0.3 is 0 Å². The molecule has 5 heteroatoms. The van der Waals surface area contributed by atoms with Gasteiger partial charge < -0.3 is 28.9 Å². The van der Waals surface area contributed by atoms with E-state index in [4.69, 9.17) is 0 Å². The Morgan fingerprint density at radius 3 is 2.82 bits per heavy atom. The normalized spacial score (nSPS) is 18.7. The summed E-state index contributed by atoms with van der Waals surface area (Å²) in [6, 6.07) is 13.5. The molecule has 142 valence electrons. The van der Waals surface area contributed by atoms with Crippen molar-refractivity contribution in [1.29, 1.82) is 0 Å². The summed E-state index contributed by atoms with van der Waals surface area (Å²) in [5, 5.41) is 2.74. The van der Waals surface area contributed by atoms with Gasteiger partial charge in [-0.3, -0.25) is 0 Å². The number of aromatic nitrogens is 1. The second kappa shape index (κ2) is 7.50. The van der Waals surface area contributed by atoms with Crippen molar-refractivity contribution in [1.82, 2.24) is 0 Å². The molecule has 1 aromatic heterocycles. The molecule has 2 aromatic carbocycles. The molecule has 3 aliphatic heterocycles. The summed E-state index contributed by atoms with van der Waals surface area (Å²) < 4.78 is 3.94. The van der Waals surface area contributed by atoms with Gasteiger partial charge in [0, 0.05) is 29.5 Å². The van der Waals surface area contributed by atoms with Crippen molar-refractivity contribution in [3.05, 3.63) is 69.7 Å². The molecule has 28 heavy (non-hydrogen) atoms. The SMILES string of the molecule is C(/C=C/c1sc2cccc3c2[n+]1CCC3)=C1/Sc2cccc3c2N1CCC3.[I-]. The molecule has 0 fully saturated rings. The van der Waals surface area contributed by atoms with Gasteiger partial charge in [-0.2, -0.15) is 4.57 Å². The third kappa shape index (κ3) is 2.94. The van der Waals surface area contributed by atoms with Crippen molar-refractivity contribution in [2.24, 2.45) is 0 Å². The third-order valence-electron chi connectivity index (χ3n) is 5.80. The van der Waals surface area contributed by atoms with Crippen LogP contribution in [0.15, 0.2) is 58.5 Å². The molecule has 0 radical (unpaired) electrons. The Morgan fingerprint density at radius 2 is 1.86 bits per heavy atom. The van der Waals surface area contributed by atoms with Crippen LogP contribution in [0.3, 0.4) is 0 Å². The highest BCUT2D eigenvalue weighted by Crippen LogP contribution is 2.49. The van der Waals surface area contributed by atoms with Crippen LogP contribution in [0.5, 0.6) is 0 Å². The number of benzene rings is 2. The molecule has 3 aliphatic rings. The van der Waals surface area contributed by atoms with E-state index < -0.39 is 0 Å². The number of rotatable bonds is 2. The van der Waals surface area contributed by atoms with E-state index in [0.717, 1.165) is 13.1 Å². The molecule has 6 rings (SSSR count). The van der Waals surface area contributed by atoms with Crippen LogP contribution in [0, 0.1) is 0 Å². The fraction of sp³-hybridized carbons (Fsp3) is 0.261. The van der Waals surface area contributed by atoms with Gasteiger partial charge in [-0.05, 0) is 43.0 Å². The number of nitrogens with zero attached hydrogens (tertiary/aromatic N) is 2. The maximum Gasteiger partial charge on any atom is 0.262 e. The van der Waals surface area contributed by atoms with Crippen molar-refractivity contribution in [2.45, 2.75) is 37.1 Å². The molecule has 0 bridgehead atoms. The number of anilines is 1. The number of hydrogen-bond acceptors (Lipinski definition) is 3. The van der Waals surface area contributed by atoms with E-state index in [2.05, 4.69) is 64.1 Å². The lowest BCUT2D eigenvalue weighted by Crippen LogP contribution is -3.00. The van der Waals surface area contributed by atoms with Crippen LogP contribution >= 0.6 is 23.1 Å². The molecular formula is C23H21IN2S2. The zero-order valence-corrected chi connectivity index (χ0v) is 19.3. The summed E-state index contributed by atoms with van der Waals surface area (Å²) in [7, 11) is 0. The van der Waals surface area contributed by atoms with Crippen molar-refractivity contribution >= 4 is 45.1 Å². The summed E-state index contributed by atoms with van der Waals surface area (Å²) >= 11 is 3.84. The Hall–Kier alpha value is -1.31. The Kier molecular flexibility index (Phi) is 5.01. The summed E-state index contributed by atoms with van der Waals surface area (Å²) in [5.41, 5.74) is 5.94. The first-order chi connectivity index (χ1) is 13.4. The zero-order chi connectivity index (χ0) is 17.8. The van der Waals surface area contributed by atoms with Crippen LogP contribution in [0.4, 0.5) is 5.69 Å². The highest BCUT2D eigenvalue weighted by atomic mass is 127.